The first-order valence-corrected chi connectivity index (χ1v) is 21.8. The molecule has 0 rings (SSSR count). The largest absolute Gasteiger partial charge is 1.00 e. The molecule has 0 spiro atoms. The second kappa shape index (κ2) is 39.1. The van der Waals surface area contributed by atoms with E-state index in [1.165, 1.54) is 206 Å². The molecule has 0 heterocycles. The molecular formula is C38H81ClN2OTi. The van der Waals surface area contributed by atoms with Crippen molar-refractivity contribution in [1.82, 2.24) is 6.76 Å². The Morgan fingerprint density at radius 1 is 0.326 bits per heavy atom. The number of unbranched alkanes of at least 4 members (excludes halogenated alkanes) is 23. The molecule has 0 bridgehead atoms. The van der Waals surface area contributed by atoms with Crippen molar-refractivity contribution >= 4 is 0 Å². The summed E-state index contributed by atoms with van der Waals surface area (Å²) in [7, 11) is 0. The number of hydrogen-bond acceptors (Lipinski definition) is 3. The quantitative estimate of drug-likeness (QED) is 0.0490. The molecule has 260 valence electrons. The summed E-state index contributed by atoms with van der Waals surface area (Å²) >= 11 is -1.97. The van der Waals surface area contributed by atoms with E-state index in [2.05, 4.69) is 41.4 Å². The third-order valence-corrected chi connectivity index (χ3v) is 12.7. The zero-order valence-corrected chi connectivity index (χ0v) is 32.8. The van der Waals surface area contributed by atoms with E-state index in [0.717, 1.165) is 6.61 Å². The van der Waals surface area contributed by atoms with Crippen LogP contribution in [0.25, 0.3) is 0 Å². The van der Waals surface area contributed by atoms with Gasteiger partial charge in [-0.15, -0.1) is 0 Å². The van der Waals surface area contributed by atoms with E-state index in [4.69, 9.17) is 3.32 Å². The molecule has 0 amide bonds. The van der Waals surface area contributed by atoms with Crippen LogP contribution in [0.1, 0.15) is 214 Å². The van der Waals surface area contributed by atoms with Crippen molar-refractivity contribution in [3.63, 3.8) is 0 Å². The summed E-state index contributed by atoms with van der Waals surface area (Å²) in [5.41, 5.74) is 0. The summed E-state index contributed by atoms with van der Waals surface area (Å²) in [5, 5.41) is 0. The fourth-order valence-corrected chi connectivity index (χ4v) is 9.90. The van der Waals surface area contributed by atoms with E-state index in [0.29, 0.717) is 0 Å². The van der Waals surface area contributed by atoms with Gasteiger partial charge in [0, 0.05) is 0 Å². The Labute approximate surface area is 287 Å². The average Bonchev–Trinajstić information content (AvgIpc) is 3.00. The molecule has 0 aliphatic rings. The number of hydrogen-bond donors (Lipinski definition) is 0. The van der Waals surface area contributed by atoms with E-state index < -0.39 is 18.8 Å². The normalized spacial score (nSPS) is 11.5. The van der Waals surface area contributed by atoms with Crippen molar-refractivity contribution in [3.05, 3.63) is 0 Å². The molecule has 0 fully saturated rings. The zero-order valence-electron chi connectivity index (χ0n) is 30.5. The minimum absolute atomic E-state index is 0. The standard InChI is InChI=1S/2C16H34N.C6H13O.ClH.Ti/c2*1-3-5-7-9-11-13-15-17-16-14-12-10-8-6-4-2;1-2-3-4-5-6-7;;/h2*3-16H2,1-2H3;2-6H2,1H3;1H;/q3*-1;;+4/p-1. The summed E-state index contributed by atoms with van der Waals surface area (Å²) in [6, 6.07) is 0. The SMILES string of the molecule is CCCCCCCC[N](CCCCCCCC)[Ti+]([O]CCCCCC)[N](CCCCCCCC)CCCCCCCC.[Cl-]. The monoisotopic (exact) mass is 665 g/mol. The van der Waals surface area contributed by atoms with Crippen LogP contribution in [0, 0.1) is 0 Å². The molecule has 5 heteroatoms. The van der Waals surface area contributed by atoms with Crippen molar-refractivity contribution in [2.24, 2.45) is 0 Å². The maximum absolute atomic E-state index is 7.11. The molecule has 0 aliphatic heterocycles. The molecule has 0 aromatic carbocycles. The summed E-state index contributed by atoms with van der Waals surface area (Å²) in [6.45, 7) is 17.8. The average molecular weight is 665 g/mol. The summed E-state index contributed by atoms with van der Waals surface area (Å²) < 4.78 is 13.0. The van der Waals surface area contributed by atoms with Crippen LogP contribution >= 0.6 is 0 Å². The Hall–Kier alpha value is 0.884. The van der Waals surface area contributed by atoms with E-state index in [1.807, 2.05) is 0 Å². The minimum Gasteiger partial charge on any atom is -1.00 e. The Balaban J connectivity index is 0. The molecular weight excluding hydrogens is 584 g/mol. The van der Waals surface area contributed by atoms with Crippen LogP contribution in [0.3, 0.4) is 0 Å². The van der Waals surface area contributed by atoms with Gasteiger partial charge >= 0.3 is 276 Å². The molecule has 0 atom stereocenters. The molecule has 0 aliphatic carbocycles. The Morgan fingerprint density at radius 3 is 0.837 bits per heavy atom. The van der Waals surface area contributed by atoms with Crippen molar-refractivity contribution in [3.8, 4) is 0 Å². The minimum atomic E-state index is -1.97. The molecule has 0 radical (unpaired) electrons. The van der Waals surface area contributed by atoms with Crippen LogP contribution in [0.5, 0.6) is 0 Å². The second-order valence-electron chi connectivity index (χ2n) is 13.2. The molecule has 0 aromatic heterocycles. The van der Waals surface area contributed by atoms with Gasteiger partial charge in [-0.2, -0.15) is 0 Å². The molecule has 0 saturated heterocycles. The number of halogens is 1. The summed E-state index contributed by atoms with van der Waals surface area (Å²) in [6.07, 6.45) is 38.8. The van der Waals surface area contributed by atoms with Crippen molar-refractivity contribution in [1.29, 1.82) is 0 Å². The molecule has 43 heavy (non-hydrogen) atoms. The van der Waals surface area contributed by atoms with E-state index >= 15 is 0 Å². The Kier molecular flexibility index (Phi) is 41.8. The molecule has 0 N–H and O–H groups in total. The Morgan fingerprint density at radius 2 is 0.558 bits per heavy atom. The first-order valence-electron chi connectivity index (χ1n) is 19.7. The third-order valence-electron chi connectivity index (χ3n) is 8.90. The van der Waals surface area contributed by atoms with E-state index in [9.17, 15) is 0 Å². The molecule has 0 aromatic rings. The van der Waals surface area contributed by atoms with Crippen LogP contribution in [0.4, 0.5) is 0 Å². The van der Waals surface area contributed by atoms with Gasteiger partial charge in [0.25, 0.3) is 0 Å². The van der Waals surface area contributed by atoms with Crippen molar-refractivity contribution in [2.45, 2.75) is 214 Å². The molecule has 3 nitrogen and oxygen atoms in total. The van der Waals surface area contributed by atoms with Crippen LogP contribution < -0.4 is 12.4 Å². The fraction of sp³-hybridized carbons (Fsp3) is 1.00. The summed E-state index contributed by atoms with van der Waals surface area (Å²) in [5.74, 6) is 0. The number of rotatable bonds is 36. The topological polar surface area (TPSA) is 15.7 Å². The third kappa shape index (κ3) is 31.3. The van der Waals surface area contributed by atoms with Crippen LogP contribution in [-0.2, 0) is 22.1 Å². The van der Waals surface area contributed by atoms with Gasteiger partial charge < -0.3 is 12.4 Å². The Bertz CT molecular complexity index is 431. The fourth-order valence-electron chi connectivity index (χ4n) is 6.01. The van der Waals surface area contributed by atoms with E-state index in [-0.39, 0.29) is 12.4 Å². The van der Waals surface area contributed by atoms with Crippen LogP contribution in [0.2, 0.25) is 0 Å². The smallest absolute Gasteiger partial charge is 1.00 e. The maximum atomic E-state index is 7.11. The molecule has 0 saturated carbocycles. The van der Waals surface area contributed by atoms with Crippen LogP contribution in [-0.4, -0.2) is 39.5 Å². The first-order chi connectivity index (χ1) is 20.7. The first kappa shape index (κ1) is 46.0. The number of nitrogens with zero attached hydrogens (tertiary/aromatic N) is 2. The van der Waals surface area contributed by atoms with Gasteiger partial charge in [-0.05, 0) is 0 Å². The van der Waals surface area contributed by atoms with Crippen LogP contribution in [0.15, 0.2) is 0 Å². The van der Waals surface area contributed by atoms with Crippen molar-refractivity contribution in [2.75, 3.05) is 32.8 Å². The predicted octanol–water partition coefficient (Wildman–Crippen LogP) is 10.00. The van der Waals surface area contributed by atoms with Gasteiger partial charge in [0.1, 0.15) is 0 Å². The van der Waals surface area contributed by atoms with Gasteiger partial charge in [0.2, 0.25) is 0 Å². The van der Waals surface area contributed by atoms with Gasteiger partial charge in [0.15, 0.2) is 0 Å². The predicted molar refractivity (Wildman–Crippen MR) is 187 cm³/mol. The second-order valence-corrected chi connectivity index (χ2v) is 16.5. The zero-order chi connectivity index (χ0) is 30.8. The van der Waals surface area contributed by atoms with Gasteiger partial charge in [-0.1, -0.05) is 0 Å². The van der Waals surface area contributed by atoms with Gasteiger partial charge in [-0.25, -0.2) is 0 Å². The van der Waals surface area contributed by atoms with Gasteiger partial charge in [0.05, 0.1) is 0 Å². The molecule has 0 unspecified atom stereocenters. The summed E-state index contributed by atoms with van der Waals surface area (Å²) in [4.78, 5) is 0. The van der Waals surface area contributed by atoms with Gasteiger partial charge in [-0.3, -0.25) is 0 Å². The van der Waals surface area contributed by atoms with E-state index in [1.54, 1.807) is 0 Å². The van der Waals surface area contributed by atoms with Crippen molar-refractivity contribution < 1.29 is 34.5 Å². The maximum Gasteiger partial charge on any atom is -1.00 e.